The molecule has 0 radical (unpaired) electrons. The van der Waals surface area contributed by atoms with Crippen LogP contribution >= 0.6 is 46.4 Å². The van der Waals surface area contributed by atoms with Crippen molar-refractivity contribution in [3.63, 3.8) is 0 Å². The van der Waals surface area contributed by atoms with E-state index in [0.29, 0.717) is 27.6 Å². The van der Waals surface area contributed by atoms with Crippen molar-refractivity contribution < 1.29 is 33.7 Å². The third-order valence-electron chi connectivity index (χ3n) is 2.51. The highest BCUT2D eigenvalue weighted by Gasteiger charge is 2.25. The second kappa shape index (κ2) is 6.33. The van der Waals surface area contributed by atoms with E-state index < -0.39 is 0 Å². The van der Waals surface area contributed by atoms with Crippen LogP contribution in [-0.4, -0.2) is 16.3 Å². The molecule has 0 saturated heterocycles. The molecule has 1 aromatic heterocycles. The number of imidazole rings is 1. The van der Waals surface area contributed by atoms with Gasteiger partial charge in [-0.3, -0.25) is 0 Å². The maximum Gasteiger partial charge on any atom is 0.244 e. The molecule has 0 aliphatic rings. The van der Waals surface area contributed by atoms with Crippen molar-refractivity contribution in [2.75, 3.05) is 6.61 Å². The first-order valence-corrected chi connectivity index (χ1v) is 6.31. The number of aromatic nitrogens is 2. The van der Waals surface area contributed by atoms with Crippen LogP contribution in [0.4, 0.5) is 0 Å². The average Bonchev–Trinajstić information content (AvgIpc) is 2.61. The number of aryl methyl sites for hydroxylation is 1. The molecule has 0 saturated carbocycles. The Balaban J connectivity index is 0.00000162. The van der Waals surface area contributed by atoms with Crippen LogP contribution in [0.25, 0.3) is 11.0 Å². The molecule has 3 nitrogen and oxygen atoms in total. The minimum Gasteiger partial charge on any atom is -1.00 e. The maximum absolute atomic E-state index is 9.01. The fourth-order valence-electron chi connectivity index (χ4n) is 1.79. The van der Waals surface area contributed by atoms with E-state index in [4.69, 9.17) is 51.5 Å². The van der Waals surface area contributed by atoms with Crippen molar-refractivity contribution in [3.8, 4) is 0 Å². The zero-order valence-electron chi connectivity index (χ0n) is 9.22. The Kier molecular flexibility index (Phi) is 5.83. The lowest BCUT2D eigenvalue weighted by atomic mass is 10.3. The van der Waals surface area contributed by atoms with Crippen molar-refractivity contribution in [1.82, 2.24) is 4.57 Å². The second-order valence-electron chi connectivity index (χ2n) is 3.60. The van der Waals surface area contributed by atoms with Crippen molar-refractivity contribution >= 4 is 57.4 Å². The van der Waals surface area contributed by atoms with Gasteiger partial charge in [-0.2, -0.15) is 0 Å². The van der Waals surface area contributed by atoms with E-state index in [1.54, 1.807) is 15.5 Å². The van der Waals surface area contributed by atoms with Gasteiger partial charge >= 0.3 is 0 Å². The number of aliphatic hydroxyl groups excluding tert-OH is 1. The summed E-state index contributed by atoms with van der Waals surface area (Å²) in [7, 11) is 1.82. The molecule has 0 aliphatic carbocycles. The first kappa shape index (κ1) is 16.6. The maximum atomic E-state index is 9.01. The monoisotopic (exact) mass is 440 g/mol. The standard InChI is InChI=1S/C10H9Cl4N2O.HI/c1-15-4-16(2-3-17)10-8(14)6(12)5(11)7(13)9(10)15;/h4,17H,2-3H2,1H3;1H/q+1;/p-1. The summed E-state index contributed by atoms with van der Waals surface area (Å²) in [4.78, 5) is 0. The van der Waals surface area contributed by atoms with Crippen LogP contribution in [0.3, 0.4) is 0 Å². The van der Waals surface area contributed by atoms with Gasteiger partial charge < -0.3 is 29.1 Å². The van der Waals surface area contributed by atoms with Gasteiger partial charge in [0.15, 0.2) is 11.0 Å². The molecule has 0 bridgehead atoms. The van der Waals surface area contributed by atoms with Crippen LogP contribution in [0.2, 0.25) is 20.1 Å². The molecule has 2 rings (SSSR count). The summed E-state index contributed by atoms with van der Waals surface area (Å²) in [5, 5.41) is 10.2. The van der Waals surface area contributed by atoms with E-state index in [1.807, 2.05) is 7.05 Å². The van der Waals surface area contributed by atoms with Crippen molar-refractivity contribution in [2.45, 2.75) is 6.54 Å². The number of halogens is 5. The summed E-state index contributed by atoms with van der Waals surface area (Å²) >= 11 is 24.3. The van der Waals surface area contributed by atoms with Crippen molar-refractivity contribution in [2.24, 2.45) is 7.05 Å². The Morgan fingerprint density at radius 2 is 1.67 bits per heavy atom. The average molecular weight is 442 g/mol. The number of hydrogen-bond donors (Lipinski definition) is 1. The van der Waals surface area contributed by atoms with Gasteiger partial charge in [0.25, 0.3) is 0 Å². The van der Waals surface area contributed by atoms with Gasteiger partial charge in [0.1, 0.15) is 16.6 Å². The fraction of sp³-hybridized carbons (Fsp3) is 0.300. The quantitative estimate of drug-likeness (QED) is 0.304. The van der Waals surface area contributed by atoms with E-state index in [-0.39, 0.29) is 40.6 Å². The number of hydrogen-bond acceptors (Lipinski definition) is 1. The SMILES string of the molecule is C[n+]1cn(CCO)c2c(Cl)c(Cl)c(Cl)c(Cl)c21.[I-]. The molecule has 0 spiro atoms. The van der Waals surface area contributed by atoms with Crippen LogP contribution in [0.5, 0.6) is 0 Å². The Hall–Kier alpha value is 0.540. The minimum atomic E-state index is -0.00201. The zero-order valence-corrected chi connectivity index (χ0v) is 14.4. The Bertz CT molecular complexity index is 600. The normalized spacial score (nSPS) is 10.8. The lowest BCUT2D eigenvalue weighted by Crippen LogP contribution is -3.00. The van der Waals surface area contributed by atoms with Gasteiger partial charge in [-0.15, -0.1) is 0 Å². The Morgan fingerprint density at radius 1 is 1.11 bits per heavy atom. The molecule has 0 amide bonds. The first-order valence-electron chi connectivity index (χ1n) is 4.80. The molecule has 1 N–H and O–H groups in total. The van der Waals surface area contributed by atoms with Gasteiger partial charge in [-0.25, -0.2) is 9.13 Å². The highest BCUT2D eigenvalue weighted by atomic mass is 127. The molecule has 0 unspecified atom stereocenters. The number of fused-ring (bicyclic) bond motifs is 1. The summed E-state index contributed by atoms with van der Waals surface area (Å²) in [5.41, 5.74) is 1.36. The topological polar surface area (TPSA) is 29.0 Å². The molecular formula is C10H9Cl4IN2O. The lowest BCUT2D eigenvalue weighted by molar-refractivity contribution is -0.645. The summed E-state index contributed by atoms with van der Waals surface area (Å²) in [6.45, 7) is 0.406. The predicted molar refractivity (Wildman–Crippen MR) is 70.2 cm³/mol. The van der Waals surface area contributed by atoms with Crippen LogP contribution in [0.1, 0.15) is 0 Å². The van der Waals surface area contributed by atoms with E-state index in [9.17, 15) is 0 Å². The molecule has 18 heavy (non-hydrogen) atoms. The molecule has 0 fully saturated rings. The van der Waals surface area contributed by atoms with Gasteiger partial charge in [0, 0.05) is 0 Å². The fourth-order valence-corrected chi connectivity index (χ4v) is 2.87. The third-order valence-corrected chi connectivity index (χ3v) is 4.29. The van der Waals surface area contributed by atoms with E-state index in [1.165, 1.54) is 0 Å². The molecular weight excluding hydrogens is 433 g/mol. The summed E-state index contributed by atoms with van der Waals surface area (Å²) in [6, 6.07) is 0. The largest absolute Gasteiger partial charge is 1.00 e. The van der Waals surface area contributed by atoms with Crippen LogP contribution in [0, 0.1) is 0 Å². The highest BCUT2D eigenvalue weighted by molar-refractivity contribution is 6.54. The molecule has 2 aromatic rings. The van der Waals surface area contributed by atoms with E-state index in [2.05, 4.69) is 0 Å². The van der Waals surface area contributed by atoms with Crippen LogP contribution in [0.15, 0.2) is 6.33 Å². The van der Waals surface area contributed by atoms with E-state index in [0.717, 1.165) is 0 Å². The van der Waals surface area contributed by atoms with Gasteiger partial charge in [-0.05, 0) is 0 Å². The second-order valence-corrected chi connectivity index (χ2v) is 5.11. The van der Waals surface area contributed by atoms with Crippen molar-refractivity contribution in [1.29, 1.82) is 0 Å². The number of nitrogens with zero attached hydrogens (tertiary/aromatic N) is 2. The molecule has 1 heterocycles. The summed E-state index contributed by atoms with van der Waals surface area (Å²) in [5.74, 6) is 0. The smallest absolute Gasteiger partial charge is 0.244 e. The minimum absolute atomic E-state index is 0. The summed E-state index contributed by atoms with van der Waals surface area (Å²) < 4.78 is 3.58. The Labute approximate surface area is 141 Å². The highest BCUT2D eigenvalue weighted by Crippen LogP contribution is 2.41. The Morgan fingerprint density at radius 3 is 2.22 bits per heavy atom. The first-order chi connectivity index (χ1) is 7.99. The molecule has 0 aliphatic heterocycles. The van der Waals surface area contributed by atoms with E-state index >= 15 is 0 Å². The lowest BCUT2D eigenvalue weighted by Gasteiger charge is -2.03. The molecule has 8 heteroatoms. The van der Waals surface area contributed by atoms with Crippen LogP contribution in [-0.2, 0) is 13.6 Å². The van der Waals surface area contributed by atoms with Gasteiger partial charge in [-0.1, -0.05) is 46.4 Å². The molecule has 1 aromatic carbocycles. The molecule has 100 valence electrons. The number of benzene rings is 1. The van der Waals surface area contributed by atoms with Gasteiger partial charge in [0.05, 0.1) is 23.7 Å². The predicted octanol–water partition coefficient (Wildman–Crippen LogP) is 0.0757. The third kappa shape index (κ3) is 2.55. The van der Waals surface area contributed by atoms with Crippen molar-refractivity contribution in [3.05, 3.63) is 26.4 Å². The number of aliphatic hydroxyl groups is 1. The molecule has 0 atom stereocenters. The van der Waals surface area contributed by atoms with Crippen LogP contribution < -0.4 is 28.5 Å². The zero-order chi connectivity index (χ0) is 12.7. The summed E-state index contributed by atoms with van der Waals surface area (Å²) in [6.07, 6.45) is 1.78. The number of rotatable bonds is 2. The van der Waals surface area contributed by atoms with Gasteiger partial charge in [0.2, 0.25) is 6.33 Å².